The molecule has 1 aliphatic carbocycles. The lowest BCUT2D eigenvalue weighted by atomic mass is 9.74. The van der Waals surface area contributed by atoms with E-state index in [9.17, 15) is 18.8 Å². The number of nitrogens with one attached hydrogen (secondary N) is 2. The summed E-state index contributed by atoms with van der Waals surface area (Å²) in [4.78, 5) is 36.4. The molecule has 0 radical (unpaired) electrons. The predicted molar refractivity (Wildman–Crippen MR) is 82.6 cm³/mol. The van der Waals surface area contributed by atoms with Crippen LogP contribution in [0, 0.1) is 17.8 Å². The van der Waals surface area contributed by atoms with Crippen molar-refractivity contribution in [3.05, 3.63) is 0 Å². The second-order valence-electron chi connectivity index (χ2n) is 7.04. The molecular formula is C15H24BFN2O3. The predicted octanol–water partition coefficient (Wildman–Crippen LogP) is -0.0670. The van der Waals surface area contributed by atoms with Crippen LogP contribution in [0.5, 0.6) is 0 Å². The Morgan fingerprint density at radius 2 is 2.00 bits per heavy atom. The molecule has 0 aromatic heterocycles. The van der Waals surface area contributed by atoms with Gasteiger partial charge in [-0.25, -0.2) is 0 Å². The highest BCUT2D eigenvalue weighted by Crippen LogP contribution is 2.36. The molecule has 7 heteroatoms. The number of hydrogen-bond acceptors (Lipinski definition) is 3. The quantitative estimate of drug-likeness (QED) is 0.551. The molecule has 2 N–H and O–H groups in total. The number of halogens is 1. The van der Waals surface area contributed by atoms with Crippen LogP contribution < -0.4 is 10.6 Å². The van der Waals surface area contributed by atoms with Gasteiger partial charge in [0.2, 0.25) is 11.7 Å². The Balaban J connectivity index is 2.00. The summed E-state index contributed by atoms with van der Waals surface area (Å²) in [5.41, 5.74) is -1.57. The first kappa shape index (κ1) is 17.0. The molecule has 2 rings (SSSR count). The fourth-order valence-electron chi connectivity index (χ4n) is 3.48. The highest BCUT2D eigenvalue weighted by Gasteiger charge is 2.45. The van der Waals surface area contributed by atoms with Crippen LogP contribution in [-0.4, -0.2) is 44.1 Å². The highest BCUT2D eigenvalue weighted by atomic mass is 19.1. The van der Waals surface area contributed by atoms with Crippen LogP contribution in [0.3, 0.4) is 0 Å². The number of amides is 2. The minimum atomic E-state index is -1.57. The molecule has 1 aliphatic heterocycles. The molecule has 0 bridgehead atoms. The number of carbonyl (C=O) groups excluding carboxylic acids is 3. The van der Waals surface area contributed by atoms with E-state index >= 15 is 0 Å². The molecule has 2 fully saturated rings. The summed E-state index contributed by atoms with van der Waals surface area (Å²) < 4.78 is 13.4. The van der Waals surface area contributed by atoms with E-state index in [4.69, 9.17) is 0 Å². The van der Waals surface area contributed by atoms with Crippen LogP contribution in [0.2, 0.25) is 0 Å². The molecule has 3 atom stereocenters. The van der Waals surface area contributed by atoms with E-state index in [0.29, 0.717) is 0 Å². The van der Waals surface area contributed by atoms with E-state index in [1.54, 1.807) is 0 Å². The van der Waals surface area contributed by atoms with Crippen molar-refractivity contribution >= 4 is 25.4 Å². The van der Waals surface area contributed by atoms with Gasteiger partial charge in [-0.05, 0) is 25.7 Å². The maximum absolute atomic E-state index is 13.4. The Kier molecular flexibility index (Phi) is 5.24. The molecule has 1 heterocycles. The minimum Gasteiger partial charge on any atom is -0.355 e. The van der Waals surface area contributed by atoms with Gasteiger partial charge in [0.1, 0.15) is 0 Å². The lowest BCUT2D eigenvalue weighted by Gasteiger charge is -2.28. The van der Waals surface area contributed by atoms with E-state index < -0.39 is 29.1 Å². The Bertz CT molecular complexity index is 458. The summed E-state index contributed by atoms with van der Waals surface area (Å²) in [5.74, 6) is -2.35. The van der Waals surface area contributed by atoms with Gasteiger partial charge in [-0.3, -0.25) is 18.8 Å². The largest absolute Gasteiger partial charge is 0.355 e. The third kappa shape index (κ3) is 4.08. The van der Waals surface area contributed by atoms with Gasteiger partial charge in [0.05, 0.1) is 17.4 Å². The number of carbonyl (C=O) groups is 3. The van der Waals surface area contributed by atoms with Gasteiger partial charge < -0.3 is 10.6 Å². The molecule has 1 saturated carbocycles. The third-order valence-electron chi connectivity index (χ3n) is 4.62. The molecule has 5 nitrogen and oxygen atoms in total. The van der Waals surface area contributed by atoms with Gasteiger partial charge in [-0.1, -0.05) is 19.3 Å². The average molecular weight is 310 g/mol. The first-order valence-corrected chi connectivity index (χ1v) is 8.08. The van der Waals surface area contributed by atoms with Crippen molar-refractivity contribution < 1.29 is 18.8 Å². The van der Waals surface area contributed by atoms with Crippen LogP contribution in [0.4, 0.5) is 4.39 Å². The van der Waals surface area contributed by atoms with Crippen molar-refractivity contribution in [3.63, 3.8) is 0 Å². The van der Waals surface area contributed by atoms with Crippen LogP contribution >= 0.6 is 0 Å². The van der Waals surface area contributed by atoms with Gasteiger partial charge in [0, 0.05) is 13.1 Å². The maximum Gasteiger partial charge on any atom is 0.287 e. The molecule has 2 aliphatic rings. The molecule has 0 aromatic carbocycles. The smallest absolute Gasteiger partial charge is 0.287 e. The maximum atomic E-state index is 13.4. The summed E-state index contributed by atoms with van der Waals surface area (Å²) in [6.07, 6.45) is 5.16. The van der Waals surface area contributed by atoms with Crippen molar-refractivity contribution in [2.24, 2.45) is 17.8 Å². The molecule has 0 aromatic rings. The fourth-order valence-corrected chi connectivity index (χ4v) is 3.48. The average Bonchev–Trinajstić information content (AvgIpc) is 2.86. The van der Waals surface area contributed by atoms with Gasteiger partial charge in [-0.15, -0.1) is 0 Å². The van der Waals surface area contributed by atoms with E-state index in [1.807, 2.05) is 0 Å². The van der Waals surface area contributed by atoms with Crippen LogP contribution in [0.25, 0.3) is 0 Å². The van der Waals surface area contributed by atoms with Gasteiger partial charge in [0.15, 0.2) is 7.85 Å². The van der Waals surface area contributed by atoms with Crippen LogP contribution in [0.15, 0.2) is 0 Å². The molecule has 2 unspecified atom stereocenters. The third-order valence-corrected chi connectivity index (χ3v) is 4.62. The molecular weight excluding hydrogens is 286 g/mol. The molecule has 2 amide bonds. The van der Waals surface area contributed by atoms with Crippen molar-refractivity contribution in [1.29, 1.82) is 0 Å². The Morgan fingerprint density at radius 1 is 1.36 bits per heavy atom. The summed E-state index contributed by atoms with van der Waals surface area (Å²) in [6.45, 7) is 1.34. The monoisotopic (exact) mass is 310 g/mol. The Morgan fingerprint density at radius 3 is 2.59 bits per heavy atom. The van der Waals surface area contributed by atoms with Crippen molar-refractivity contribution in [2.45, 2.75) is 44.6 Å². The lowest BCUT2D eigenvalue weighted by molar-refractivity contribution is -0.142. The summed E-state index contributed by atoms with van der Waals surface area (Å²) in [7, 11) is 1.34. The lowest BCUT2D eigenvalue weighted by Crippen LogP contribution is -2.45. The number of alkyl halides is 1. The number of Topliss-reactive ketones (excluding diaryl/α,β-unsaturated/α-hetero) is 1. The SMILES string of the molecule is BC(C)(F)CNC(=O)C(=O)C1CNC(=O)[C@@H]1C1CCCCC1. The zero-order chi connectivity index (χ0) is 16.3. The van der Waals surface area contributed by atoms with Crippen molar-refractivity contribution in [1.82, 2.24) is 10.6 Å². The van der Waals surface area contributed by atoms with Crippen LogP contribution in [-0.2, 0) is 14.4 Å². The normalized spacial score (nSPS) is 28.7. The molecule has 122 valence electrons. The van der Waals surface area contributed by atoms with E-state index in [1.165, 1.54) is 14.8 Å². The van der Waals surface area contributed by atoms with Gasteiger partial charge in [-0.2, -0.15) is 0 Å². The standard InChI is InChI=1S/C15H24BFN2O3/c1-15(16,17)8-19-14(22)12(20)10-7-18-13(21)11(10)9-5-3-2-4-6-9/h9-11H,2-8,16H2,1H3,(H,18,21)(H,19,22)/t10?,11-,15?/m1/s1. The number of rotatable bonds is 5. The van der Waals surface area contributed by atoms with Crippen LogP contribution in [0.1, 0.15) is 39.0 Å². The summed E-state index contributed by atoms with van der Waals surface area (Å²) in [5, 5.41) is 5.05. The highest BCUT2D eigenvalue weighted by molar-refractivity contribution is 6.37. The minimum absolute atomic E-state index is 0.121. The summed E-state index contributed by atoms with van der Waals surface area (Å²) >= 11 is 0. The Hall–Kier alpha value is -1.40. The molecule has 1 saturated heterocycles. The number of hydrogen-bond donors (Lipinski definition) is 2. The number of ketones is 1. The second kappa shape index (κ2) is 6.79. The first-order chi connectivity index (χ1) is 10.3. The topological polar surface area (TPSA) is 75.3 Å². The van der Waals surface area contributed by atoms with E-state index in [-0.39, 0.29) is 24.9 Å². The zero-order valence-electron chi connectivity index (χ0n) is 13.3. The Labute approximate surface area is 131 Å². The van der Waals surface area contributed by atoms with Gasteiger partial charge >= 0.3 is 0 Å². The van der Waals surface area contributed by atoms with E-state index in [0.717, 1.165) is 32.1 Å². The summed E-state index contributed by atoms with van der Waals surface area (Å²) in [6, 6.07) is 0. The van der Waals surface area contributed by atoms with Crippen molar-refractivity contribution in [3.8, 4) is 0 Å². The molecule has 22 heavy (non-hydrogen) atoms. The fraction of sp³-hybridized carbons (Fsp3) is 0.800. The van der Waals surface area contributed by atoms with Crippen molar-refractivity contribution in [2.75, 3.05) is 13.1 Å². The second-order valence-corrected chi connectivity index (χ2v) is 7.04. The molecule has 0 spiro atoms. The first-order valence-electron chi connectivity index (χ1n) is 8.08. The zero-order valence-corrected chi connectivity index (χ0v) is 13.3. The van der Waals surface area contributed by atoms with Gasteiger partial charge in [0.25, 0.3) is 5.91 Å². The van der Waals surface area contributed by atoms with E-state index in [2.05, 4.69) is 10.6 Å².